The van der Waals surface area contributed by atoms with Crippen LogP contribution in [-0.4, -0.2) is 16.8 Å². The van der Waals surface area contributed by atoms with Gasteiger partial charge in [0.2, 0.25) is 0 Å². The molecule has 0 unspecified atom stereocenters. The summed E-state index contributed by atoms with van der Waals surface area (Å²) in [5.41, 5.74) is 2.43. The number of fused-ring (bicyclic) bond motifs is 1. The van der Waals surface area contributed by atoms with Crippen LogP contribution in [0.25, 0.3) is 10.9 Å². The summed E-state index contributed by atoms with van der Waals surface area (Å²) < 4.78 is 1.90. The molecule has 2 aromatic rings. The number of halogens is 1. The number of nitrogens with zero attached hydrogens (tertiary/aromatic N) is 2. The summed E-state index contributed by atoms with van der Waals surface area (Å²) in [4.78, 5) is 0. The molecule has 4 heteroatoms. The molecule has 0 spiro atoms. The Morgan fingerprint density at radius 1 is 1.29 bits per heavy atom. The minimum absolute atomic E-state index is 0.0711. The molecule has 0 aliphatic rings. The molecule has 0 aliphatic heterocycles. The van der Waals surface area contributed by atoms with Gasteiger partial charge in [0.05, 0.1) is 15.9 Å². The van der Waals surface area contributed by atoms with E-state index in [-0.39, 0.29) is 5.41 Å². The van der Waals surface area contributed by atoms with Gasteiger partial charge in [-0.25, -0.2) is 0 Å². The molecular formula is C13H18ClN3. The fraction of sp³-hybridized carbons (Fsp3) is 0.462. The summed E-state index contributed by atoms with van der Waals surface area (Å²) >= 11 is 6.28. The van der Waals surface area contributed by atoms with Crippen molar-refractivity contribution in [2.45, 2.75) is 26.2 Å². The number of aromatic nitrogens is 2. The van der Waals surface area contributed by atoms with Crippen molar-refractivity contribution in [2.24, 2.45) is 7.05 Å². The normalized spacial score (nSPS) is 12.1. The summed E-state index contributed by atoms with van der Waals surface area (Å²) in [6, 6.07) is 4.04. The highest BCUT2D eigenvalue weighted by Gasteiger charge is 2.22. The van der Waals surface area contributed by atoms with Gasteiger partial charge in [0, 0.05) is 14.1 Å². The maximum atomic E-state index is 6.28. The molecular weight excluding hydrogens is 234 g/mol. The second kappa shape index (κ2) is 3.91. The maximum Gasteiger partial charge on any atom is 0.157 e. The Morgan fingerprint density at radius 2 is 1.94 bits per heavy atom. The zero-order valence-electron chi connectivity index (χ0n) is 10.9. The molecule has 1 N–H and O–H groups in total. The minimum atomic E-state index is 0.0711. The largest absolute Gasteiger partial charge is 0.371 e. The van der Waals surface area contributed by atoms with Crippen molar-refractivity contribution >= 4 is 28.3 Å². The number of rotatable bonds is 1. The standard InChI is InChI=1S/C13H18ClN3/c1-13(2,3)8-6-7-9(14)10-11(8)17(5)16-12(10)15-4/h6-7H,1-5H3,(H,15,16). The Labute approximate surface area is 107 Å². The van der Waals surface area contributed by atoms with Gasteiger partial charge in [-0.3, -0.25) is 4.68 Å². The van der Waals surface area contributed by atoms with E-state index in [0.29, 0.717) is 0 Å². The van der Waals surface area contributed by atoms with Crippen LogP contribution >= 0.6 is 11.6 Å². The van der Waals surface area contributed by atoms with Crippen molar-refractivity contribution in [3.63, 3.8) is 0 Å². The third-order valence-corrected chi connectivity index (χ3v) is 3.30. The molecule has 0 saturated heterocycles. The first-order valence-corrected chi connectivity index (χ1v) is 6.07. The number of benzene rings is 1. The van der Waals surface area contributed by atoms with Gasteiger partial charge >= 0.3 is 0 Å². The lowest BCUT2D eigenvalue weighted by Gasteiger charge is -2.20. The molecule has 1 aromatic carbocycles. The van der Waals surface area contributed by atoms with Crippen molar-refractivity contribution in [3.05, 3.63) is 22.7 Å². The quantitative estimate of drug-likeness (QED) is 0.840. The predicted octanol–water partition coefficient (Wildman–Crippen LogP) is 3.57. The average Bonchev–Trinajstić information content (AvgIpc) is 2.56. The van der Waals surface area contributed by atoms with Crippen molar-refractivity contribution in [2.75, 3.05) is 12.4 Å². The summed E-state index contributed by atoms with van der Waals surface area (Å²) in [7, 11) is 3.82. The van der Waals surface area contributed by atoms with Gasteiger partial charge in [-0.15, -0.1) is 0 Å². The number of hydrogen-bond donors (Lipinski definition) is 1. The van der Waals surface area contributed by atoms with E-state index in [9.17, 15) is 0 Å². The third kappa shape index (κ3) is 1.89. The Morgan fingerprint density at radius 3 is 2.47 bits per heavy atom. The number of hydrogen-bond acceptors (Lipinski definition) is 2. The molecule has 0 aliphatic carbocycles. The van der Waals surface area contributed by atoms with Gasteiger partial charge in [-0.2, -0.15) is 5.10 Å². The lowest BCUT2D eigenvalue weighted by atomic mass is 9.85. The van der Waals surface area contributed by atoms with Crippen LogP contribution < -0.4 is 5.32 Å². The Bertz CT molecular complexity index is 564. The highest BCUT2D eigenvalue weighted by atomic mass is 35.5. The van der Waals surface area contributed by atoms with Crippen LogP contribution in [0.2, 0.25) is 5.02 Å². The van der Waals surface area contributed by atoms with Crippen molar-refractivity contribution in [1.29, 1.82) is 0 Å². The molecule has 17 heavy (non-hydrogen) atoms. The topological polar surface area (TPSA) is 29.9 Å². The molecule has 1 heterocycles. The Balaban J connectivity index is 2.91. The molecule has 2 rings (SSSR count). The van der Waals surface area contributed by atoms with Crippen molar-refractivity contribution < 1.29 is 0 Å². The van der Waals surface area contributed by atoms with Crippen molar-refractivity contribution in [3.8, 4) is 0 Å². The SMILES string of the molecule is CNc1nn(C)c2c(C(C)(C)C)ccc(Cl)c12. The van der Waals surface area contributed by atoms with Gasteiger partial charge < -0.3 is 5.32 Å². The van der Waals surface area contributed by atoms with Crippen LogP contribution in [0.3, 0.4) is 0 Å². The molecule has 92 valence electrons. The van der Waals surface area contributed by atoms with Crippen LogP contribution in [0.1, 0.15) is 26.3 Å². The van der Waals surface area contributed by atoms with Crippen LogP contribution in [0.4, 0.5) is 5.82 Å². The molecule has 0 atom stereocenters. The number of nitrogens with one attached hydrogen (secondary N) is 1. The zero-order valence-corrected chi connectivity index (χ0v) is 11.7. The van der Waals surface area contributed by atoms with Crippen molar-refractivity contribution in [1.82, 2.24) is 9.78 Å². The molecule has 0 bridgehead atoms. The first-order chi connectivity index (χ1) is 7.86. The lowest BCUT2D eigenvalue weighted by molar-refractivity contribution is 0.590. The smallest absolute Gasteiger partial charge is 0.157 e. The van der Waals surface area contributed by atoms with Gasteiger partial charge in [0.15, 0.2) is 5.82 Å². The molecule has 0 fully saturated rings. The minimum Gasteiger partial charge on any atom is -0.371 e. The van der Waals surface area contributed by atoms with E-state index in [2.05, 4.69) is 37.3 Å². The maximum absolute atomic E-state index is 6.28. The van der Waals surface area contributed by atoms with Gasteiger partial charge in [-0.05, 0) is 17.0 Å². The summed E-state index contributed by atoms with van der Waals surface area (Å²) in [6.45, 7) is 6.59. The Kier molecular flexibility index (Phi) is 2.82. The van der Waals surface area contributed by atoms with Crippen LogP contribution in [-0.2, 0) is 12.5 Å². The molecule has 3 nitrogen and oxygen atoms in total. The van der Waals surface area contributed by atoms with Crippen LogP contribution in [0.5, 0.6) is 0 Å². The van der Waals surface area contributed by atoms with E-state index in [1.807, 2.05) is 24.8 Å². The summed E-state index contributed by atoms with van der Waals surface area (Å²) in [5, 5.41) is 9.30. The summed E-state index contributed by atoms with van der Waals surface area (Å²) in [5.74, 6) is 0.832. The molecule has 0 saturated carbocycles. The van der Waals surface area contributed by atoms with E-state index in [0.717, 1.165) is 21.7 Å². The van der Waals surface area contributed by atoms with Crippen LogP contribution in [0, 0.1) is 0 Å². The van der Waals surface area contributed by atoms with E-state index < -0.39 is 0 Å². The second-order valence-corrected chi connectivity index (χ2v) is 5.70. The van der Waals surface area contributed by atoms with Gasteiger partial charge in [0.25, 0.3) is 0 Å². The lowest BCUT2D eigenvalue weighted by Crippen LogP contribution is -2.13. The first kappa shape index (κ1) is 12.2. The highest BCUT2D eigenvalue weighted by Crippen LogP contribution is 2.36. The predicted molar refractivity (Wildman–Crippen MR) is 74.0 cm³/mol. The fourth-order valence-electron chi connectivity index (χ4n) is 2.16. The second-order valence-electron chi connectivity index (χ2n) is 5.29. The van der Waals surface area contributed by atoms with E-state index in [1.165, 1.54) is 5.56 Å². The van der Waals surface area contributed by atoms with E-state index >= 15 is 0 Å². The first-order valence-electron chi connectivity index (χ1n) is 5.69. The van der Waals surface area contributed by atoms with E-state index in [1.54, 1.807) is 0 Å². The number of anilines is 1. The third-order valence-electron chi connectivity index (χ3n) is 2.98. The Hall–Kier alpha value is -1.22. The van der Waals surface area contributed by atoms with Gasteiger partial charge in [0.1, 0.15) is 0 Å². The number of aryl methyl sites for hydroxylation is 1. The molecule has 0 radical (unpaired) electrons. The zero-order chi connectivity index (χ0) is 12.8. The molecule has 0 amide bonds. The van der Waals surface area contributed by atoms with Crippen LogP contribution in [0.15, 0.2) is 12.1 Å². The monoisotopic (exact) mass is 251 g/mol. The summed E-state index contributed by atoms with van der Waals surface area (Å²) in [6.07, 6.45) is 0. The van der Waals surface area contributed by atoms with Gasteiger partial charge in [-0.1, -0.05) is 38.4 Å². The fourth-order valence-corrected chi connectivity index (χ4v) is 2.40. The average molecular weight is 252 g/mol. The molecule has 1 aromatic heterocycles. The van der Waals surface area contributed by atoms with E-state index in [4.69, 9.17) is 11.6 Å². The highest BCUT2D eigenvalue weighted by molar-refractivity contribution is 6.36.